The highest BCUT2D eigenvalue weighted by molar-refractivity contribution is 5.52. The molecule has 4 rings (SSSR count). The molecule has 0 aromatic carbocycles. The minimum absolute atomic E-state index is 0.177. The fraction of sp³-hybridized carbons (Fsp3) is 0.471. The molecule has 7 nitrogen and oxygen atoms in total. The molecular weight excluding hydrogens is 304 g/mol. The van der Waals surface area contributed by atoms with Gasteiger partial charge in [0.05, 0.1) is 5.56 Å². The maximum absolute atomic E-state index is 6.23. The van der Waals surface area contributed by atoms with Crippen LogP contribution in [0.5, 0.6) is 5.88 Å². The summed E-state index contributed by atoms with van der Waals surface area (Å²) >= 11 is 0. The van der Waals surface area contributed by atoms with Crippen molar-refractivity contribution in [2.24, 2.45) is 0 Å². The average molecular weight is 326 g/mol. The number of rotatable bonds is 2. The van der Waals surface area contributed by atoms with Crippen LogP contribution in [0.2, 0.25) is 0 Å². The van der Waals surface area contributed by atoms with Crippen LogP contribution in [-0.4, -0.2) is 38.5 Å². The predicted octanol–water partition coefficient (Wildman–Crippen LogP) is 1.40. The smallest absolute Gasteiger partial charge is 0.225 e. The molecule has 1 fully saturated rings. The van der Waals surface area contributed by atoms with Gasteiger partial charge in [-0.15, -0.1) is 0 Å². The third-order valence-corrected chi connectivity index (χ3v) is 4.98. The number of hydrogen-bond acceptors (Lipinski definition) is 7. The van der Waals surface area contributed by atoms with Crippen molar-refractivity contribution in [2.45, 2.75) is 37.8 Å². The second kappa shape index (κ2) is 5.90. The van der Waals surface area contributed by atoms with Crippen LogP contribution >= 0.6 is 0 Å². The van der Waals surface area contributed by atoms with Crippen LogP contribution in [0, 0.1) is 0 Å². The van der Waals surface area contributed by atoms with Crippen molar-refractivity contribution >= 4 is 11.8 Å². The van der Waals surface area contributed by atoms with Crippen LogP contribution in [-0.2, 0) is 13.0 Å². The highest BCUT2D eigenvalue weighted by Crippen LogP contribution is 2.42. The first kappa shape index (κ1) is 15.1. The Kier molecular flexibility index (Phi) is 3.72. The van der Waals surface area contributed by atoms with Gasteiger partial charge in [-0.05, 0) is 37.1 Å². The zero-order valence-corrected chi connectivity index (χ0v) is 13.6. The van der Waals surface area contributed by atoms with Crippen LogP contribution in [0.4, 0.5) is 11.8 Å². The number of nitrogens with two attached hydrogens (primary N) is 2. The lowest BCUT2D eigenvalue weighted by Gasteiger charge is -2.27. The van der Waals surface area contributed by atoms with Crippen molar-refractivity contribution in [3.05, 3.63) is 35.7 Å². The summed E-state index contributed by atoms with van der Waals surface area (Å²) in [4.78, 5) is 14.8. The highest BCUT2D eigenvalue weighted by atomic mass is 16.5. The fourth-order valence-electron chi connectivity index (χ4n) is 3.72. The first-order valence-electron chi connectivity index (χ1n) is 8.36. The number of pyridine rings is 1. The van der Waals surface area contributed by atoms with Gasteiger partial charge in [-0.2, -0.15) is 9.97 Å². The van der Waals surface area contributed by atoms with Crippen molar-refractivity contribution in [2.75, 3.05) is 24.6 Å². The van der Waals surface area contributed by atoms with E-state index < -0.39 is 0 Å². The van der Waals surface area contributed by atoms with Crippen molar-refractivity contribution in [3.63, 3.8) is 0 Å². The Morgan fingerprint density at radius 1 is 1.12 bits per heavy atom. The Morgan fingerprint density at radius 3 is 2.79 bits per heavy atom. The van der Waals surface area contributed by atoms with E-state index in [1.165, 1.54) is 5.56 Å². The first-order chi connectivity index (χ1) is 11.6. The summed E-state index contributed by atoms with van der Waals surface area (Å²) in [5.74, 6) is 1.20. The monoisotopic (exact) mass is 326 g/mol. The van der Waals surface area contributed by atoms with E-state index in [4.69, 9.17) is 16.2 Å². The number of fused-ring (bicyclic) bond motifs is 1. The fourth-order valence-corrected chi connectivity index (χ4v) is 3.72. The number of hydrogen-bond donors (Lipinski definition) is 2. The van der Waals surface area contributed by atoms with Gasteiger partial charge in [-0.1, -0.05) is 0 Å². The molecule has 2 aliphatic heterocycles. The van der Waals surface area contributed by atoms with Gasteiger partial charge in [0, 0.05) is 38.3 Å². The first-order valence-corrected chi connectivity index (χ1v) is 8.36. The molecule has 2 aliphatic rings. The Bertz CT molecular complexity index is 737. The standard InChI is InChI=1S/C17H22N6O/c18-14-13-10-17(24-15(13)22-16(19)21-14)4-1-8-23(9-5-17)11-12-2-6-20-7-3-12/h2-3,6-7H,1,4-5,8-11H2,(H4,18,19,21,22)/t17-/m0/s1. The Labute approximate surface area is 141 Å². The van der Waals surface area contributed by atoms with E-state index in [1.54, 1.807) is 0 Å². The van der Waals surface area contributed by atoms with Crippen molar-refractivity contribution in [1.29, 1.82) is 0 Å². The van der Waals surface area contributed by atoms with Gasteiger partial charge in [0.25, 0.3) is 0 Å². The number of aromatic nitrogens is 3. The van der Waals surface area contributed by atoms with Crippen molar-refractivity contribution in [3.8, 4) is 5.88 Å². The molecule has 7 heteroatoms. The highest BCUT2D eigenvalue weighted by Gasteiger charge is 2.42. The molecular formula is C17H22N6O. The molecule has 1 spiro atoms. The third-order valence-electron chi connectivity index (χ3n) is 4.98. The second-order valence-electron chi connectivity index (χ2n) is 6.70. The average Bonchev–Trinajstić information content (AvgIpc) is 2.81. The van der Waals surface area contributed by atoms with Gasteiger partial charge in [-0.3, -0.25) is 9.88 Å². The number of anilines is 2. The maximum atomic E-state index is 6.23. The molecule has 4 heterocycles. The number of nitrogen functional groups attached to an aromatic ring is 2. The summed E-state index contributed by atoms with van der Waals surface area (Å²) in [5.41, 5.74) is 13.7. The van der Waals surface area contributed by atoms with E-state index in [0.29, 0.717) is 11.7 Å². The minimum atomic E-state index is -0.216. The Morgan fingerprint density at radius 2 is 1.96 bits per heavy atom. The lowest BCUT2D eigenvalue weighted by molar-refractivity contribution is 0.0728. The second-order valence-corrected chi connectivity index (χ2v) is 6.70. The van der Waals surface area contributed by atoms with Gasteiger partial charge >= 0.3 is 0 Å². The zero-order valence-electron chi connectivity index (χ0n) is 13.6. The van der Waals surface area contributed by atoms with Crippen LogP contribution in [0.3, 0.4) is 0 Å². The SMILES string of the molecule is Nc1nc(N)c2c(n1)O[C@]1(CCCN(Cc3ccncc3)CC1)C2. The summed E-state index contributed by atoms with van der Waals surface area (Å²) in [7, 11) is 0. The molecule has 0 unspecified atom stereocenters. The molecule has 0 amide bonds. The van der Waals surface area contributed by atoms with Gasteiger partial charge in [0.2, 0.25) is 11.8 Å². The molecule has 24 heavy (non-hydrogen) atoms. The van der Waals surface area contributed by atoms with E-state index in [-0.39, 0.29) is 11.5 Å². The largest absolute Gasteiger partial charge is 0.470 e. The number of likely N-dealkylation sites (tertiary alicyclic amines) is 1. The predicted molar refractivity (Wildman–Crippen MR) is 91.3 cm³/mol. The lowest BCUT2D eigenvalue weighted by atomic mass is 9.90. The van der Waals surface area contributed by atoms with E-state index in [0.717, 1.165) is 50.9 Å². The Balaban J connectivity index is 1.47. The summed E-state index contributed by atoms with van der Waals surface area (Å²) in [5, 5.41) is 0. The van der Waals surface area contributed by atoms with Crippen LogP contribution in [0.1, 0.15) is 30.4 Å². The molecule has 1 atom stereocenters. The van der Waals surface area contributed by atoms with Gasteiger partial charge in [-0.25, -0.2) is 0 Å². The van der Waals surface area contributed by atoms with E-state index in [2.05, 4.69) is 32.0 Å². The molecule has 2 aromatic rings. The van der Waals surface area contributed by atoms with E-state index in [1.807, 2.05) is 12.4 Å². The summed E-state index contributed by atoms with van der Waals surface area (Å²) < 4.78 is 6.23. The molecule has 0 aliphatic carbocycles. The molecule has 0 bridgehead atoms. The van der Waals surface area contributed by atoms with E-state index in [9.17, 15) is 0 Å². The molecule has 126 valence electrons. The topological polar surface area (TPSA) is 103 Å². The quantitative estimate of drug-likeness (QED) is 0.859. The summed E-state index contributed by atoms with van der Waals surface area (Å²) in [6, 6.07) is 4.14. The maximum Gasteiger partial charge on any atom is 0.225 e. The molecule has 1 saturated heterocycles. The molecule has 2 aromatic heterocycles. The summed E-state index contributed by atoms with van der Waals surface area (Å²) in [6.07, 6.45) is 7.50. The van der Waals surface area contributed by atoms with Crippen LogP contribution in [0.25, 0.3) is 0 Å². The molecule has 0 radical (unpaired) electrons. The summed E-state index contributed by atoms with van der Waals surface area (Å²) in [6.45, 7) is 2.99. The molecule has 4 N–H and O–H groups in total. The normalized spacial score (nSPS) is 23.7. The minimum Gasteiger partial charge on any atom is -0.470 e. The zero-order chi connectivity index (χ0) is 16.6. The van der Waals surface area contributed by atoms with Gasteiger partial charge in [0.15, 0.2) is 0 Å². The number of ether oxygens (including phenoxy) is 1. The number of nitrogens with zero attached hydrogens (tertiary/aromatic N) is 4. The van der Waals surface area contributed by atoms with Crippen LogP contribution < -0.4 is 16.2 Å². The van der Waals surface area contributed by atoms with Gasteiger partial charge in [0.1, 0.15) is 11.4 Å². The van der Waals surface area contributed by atoms with E-state index >= 15 is 0 Å². The lowest BCUT2D eigenvalue weighted by Crippen LogP contribution is -2.36. The Hall–Kier alpha value is -2.41. The third kappa shape index (κ3) is 2.87. The van der Waals surface area contributed by atoms with Crippen LogP contribution in [0.15, 0.2) is 24.5 Å². The van der Waals surface area contributed by atoms with Crippen molar-refractivity contribution < 1.29 is 4.74 Å². The van der Waals surface area contributed by atoms with Crippen molar-refractivity contribution in [1.82, 2.24) is 19.9 Å². The molecule has 0 saturated carbocycles. The van der Waals surface area contributed by atoms with Gasteiger partial charge < -0.3 is 16.2 Å².